The van der Waals surface area contributed by atoms with E-state index in [4.69, 9.17) is 4.74 Å². The molecule has 3 aromatic heterocycles. The Morgan fingerprint density at radius 1 is 1.29 bits per heavy atom. The third-order valence-corrected chi connectivity index (χ3v) is 6.65. The van der Waals surface area contributed by atoms with Gasteiger partial charge in [0.25, 0.3) is 0 Å². The summed E-state index contributed by atoms with van der Waals surface area (Å²) in [5.74, 6) is 0.123. The molecule has 1 N–H and O–H groups in total. The summed E-state index contributed by atoms with van der Waals surface area (Å²) in [5, 5.41) is 3.45. The van der Waals surface area contributed by atoms with Crippen LogP contribution in [0, 0.1) is 6.92 Å². The van der Waals surface area contributed by atoms with Crippen LogP contribution in [0.1, 0.15) is 32.6 Å². The highest BCUT2D eigenvalue weighted by Crippen LogP contribution is 2.32. The average Bonchev–Trinajstić information content (AvgIpc) is 3.34. The van der Waals surface area contributed by atoms with Gasteiger partial charge in [0.15, 0.2) is 5.78 Å². The van der Waals surface area contributed by atoms with E-state index >= 15 is 0 Å². The number of hydrogen-bond donors (Lipinski definition) is 1. The van der Waals surface area contributed by atoms with Crippen molar-refractivity contribution in [3.8, 4) is 6.01 Å². The van der Waals surface area contributed by atoms with Crippen LogP contribution in [0.25, 0.3) is 11.0 Å². The Morgan fingerprint density at radius 3 is 2.89 bits per heavy atom. The number of hydrogen-bond acceptors (Lipinski definition) is 8. The first-order valence-electron chi connectivity index (χ1n) is 8.78. The summed E-state index contributed by atoms with van der Waals surface area (Å²) in [5.41, 5.74) is 2.19. The Kier molecular flexibility index (Phi) is 5.27. The van der Waals surface area contributed by atoms with Gasteiger partial charge in [-0.1, -0.05) is 11.8 Å². The lowest BCUT2D eigenvalue weighted by atomic mass is 10.1. The SMILES string of the molecule is COc1nc(SCC(=O)c2ccc(C3CCNC3=O)s2)c2nc(C)ccc2n1. The Hall–Kier alpha value is -2.52. The van der Waals surface area contributed by atoms with Gasteiger partial charge >= 0.3 is 6.01 Å². The molecule has 1 atom stereocenters. The zero-order valence-electron chi connectivity index (χ0n) is 15.4. The molecule has 0 radical (unpaired) electrons. The average molecular weight is 415 g/mol. The van der Waals surface area contributed by atoms with E-state index in [0.717, 1.165) is 17.0 Å². The monoisotopic (exact) mass is 414 g/mol. The van der Waals surface area contributed by atoms with Gasteiger partial charge in [0.05, 0.1) is 29.2 Å². The molecule has 0 aromatic carbocycles. The Morgan fingerprint density at radius 2 is 2.14 bits per heavy atom. The van der Waals surface area contributed by atoms with Gasteiger partial charge in [0.2, 0.25) is 5.91 Å². The van der Waals surface area contributed by atoms with Crippen molar-refractivity contribution < 1.29 is 14.3 Å². The number of Topliss-reactive ketones (excluding diaryl/α,β-unsaturated/α-hetero) is 1. The van der Waals surface area contributed by atoms with Gasteiger partial charge in [0, 0.05) is 17.1 Å². The number of amides is 1. The molecule has 144 valence electrons. The van der Waals surface area contributed by atoms with Crippen molar-refractivity contribution in [1.29, 1.82) is 0 Å². The lowest BCUT2D eigenvalue weighted by Crippen LogP contribution is -2.17. The number of methoxy groups -OCH3 is 1. The summed E-state index contributed by atoms with van der Waals surface area (Å²) in [4.78, 5) is 39.3. The van der Waals surface area contributed by atoms with Crippen molar-refractivity contribution in [3.05, 3.63) is 39.7 Å². The van der Waals surface area contributed by atoms with E-state index in [2.05, 4.69) is 20.3 Å². The molecule has 1 saturated heterocycles. The predicted octanol–water partition coefficient (Wildman–Crippen LogP) is 2.98. The second kappa shape index (κ2) is 7.84. The number of thiophene rings is 1. The standard InChI is InChI=1S/C19H18N4O3S2/c1-10-3-4-12-16(21-10)18(23-19(22-12)26-2)27-9-13(24)15-6-5-14(28-15)11-7-8-20-17(11)25/h3-6,11H,7-9H2,1-2H3,(H,20,25). The van der Waals surface area contributed by atoms with E-state index < -0.39 is 0 Å². The van der Waals surface area contributed by atoms with Crippen molar-refractivity contribution in [1.82, 2.24) is 20.3 Å². The highest BCUT2D eigenvalue weighted by Gasteiger charge is 2.27. The molecule has 7 nitrogen and oxygen atoms in total. The minimum atomic E-state index is -0.138. The molecule has 1 aliphatic heterocycles. The van der Waals surface area contributed by atoms with Crippen LogP contribution >= 0.6 is 23.1 Å². The molecule has 1 fully saturated rings. The lowest BCUT2D eigenvalue weighted by molar-refractivity contribution is -0.120. The van der Waals surface area contributed by atoms with E-state index in [1.54, 1.807) is 6.07 Å². The first-order chi connectivity index (χ1) is 13.5. The molecule has 1 unspecified atom stereocenters. The maximum Gasteiger partial charge on any atom is 0.317 e. The van der Waals surface area contributed by atoms with E-state index in [1.165, 1.54) is 30.2 Å². The highest BCUT2D eigenvalue weighted by atomic mass is 32.2. The van der Waals surface area contributed by atoms with Crippen molar-refractivity contribution >= 4 is 45.8 Å². The van der Waals surface area contributed by atoms with Crippen LogP contribution in [-0.4, -0.2) is 46.0 Å². The van der Waals surface area contributed by atoms with E-state index in [1.807, 2.05) is 25.1 Å². The molecule has 4 rings (SSSR count). The molecule has 9 heteroatoms. The molecule has 1 amide bonds. The number of nitrogens with zero attached hydrogens (tertiary/aromatic N) is 3. The predicted molar refractivity (Wildman–Crippen MR) is 108 cm³/mol. The van der Waals surface area contributed by atoms with Crippen molar-refractivity contribution in [2.75, 3.05) is 19.4 Å². The van der Waals surface area contributed by atoms with Crippen LogP contribution in [0.2, 0.25) is 0 Å². The summed E-state index contributed by atoms with van der Waals surface area (Å²) in [6, 6.07) is 7.67. The maximum absolute atomic E-state index is 12.7. The Bertz CT molecular complexity index is 1070. The number of ketones is 1. The van der Waals surface area contributed by atoms with Gasteiger partial charge in [-0.25, -0.2) is 4.98 Å². The summed E-state index contributed by atoms with van der Waals surface area (Å²) in [6.45, 7) is 2.59. The van der Waals surface area contributed by atoms with Gasteiger partial charge in [-0.05, 0) is 37.6 Å². The zero-order chi connectivity index (χ0) is 19.7. The molecule has 3 aromatic rings. The summed E-state index contributed by atoms with van der Waals surface area (Å²) in [6.07, 6.45) is 0.777. The van der Waals surface area contributed by atoms with Gasteiger partial charge in [-0.2, -0.15) is 9.97 Å². The number of fused-ring (bicyclic) bond motifs is 1. The summed E-state index contributed by atoms with van der Waals surface area (Å²) < 4.78 is 5.17. The first-order valence-corrected chi connectivity index (χ1v) is 10.6. The number of ether oxygens (including phenoxy) is 1. The molecule has 4 heterocycles. The third-order valence-electron chi connectivity index (χ3n) is 4.45. The van der Waals surface area contributed by atoms with Gasteiger partial charge in [0.1, 0.15) is 10.5 Å². The fraction of sp³-hybridized carbons (Fsp3) is 0.316. The number of aryl methyl sites for hydroxylation is 1. The molecule has 0 saturated carbocycles. The quantitative estimate of drug-likeness (QED) is 0.376. The Balaban J connectivity index is 1.53. The summed E-state index contributed by atoms with van der Waals surface area (Å²) >= 11 is 2.71. The van der Waals surface area contributed by atoms with E-state index in [0.29, 0.717) is 27.5 Å². The van der Waals surface area contributed by atoms with Gasteiger partial charge < -0.3 is 10.1 Å². The molecular formula is C19H18N4O3S2. The topological polar surface area (TPSA) is 94.1 Å². The molecule has 0 bridgehead atoms. The van der Waals surface area contributed by atoms with Crippen molar-refractivity contribution in [3.63, 3.8) is 0 Å². The van der Waals surface area contributed by atoms with Crippen LogP contribution in [0.15, 0.2) is 29.3 Å². The minimum Gasteiger partial charge on any atom is -0.467 e. The lowest BCUT2D eigenvalue weighted by Gasteiger charge is -2.07. The number of rotatable bonds is 6. The van der Waals surface area contributed by atoms with Crippen LogP contribution in [0.5, 0.6) is 6.01 Å². The number of pyridine rings is 1. The zero-order valence-corrected chi connectivity index (χ0v) is 17.0. The minimum absolute atomic E-state index is 0.00182. The molecule has 28 heavy (non-hydrogen) atoms. The summed E-state index contributed by atoms with van der Waals surface area (Å²) in [7, 11) is 1.51. The molecule has 0 aliphatic carbocycles. The second-order valence-electron chi connectivity index (χ2n) is 6.38. The van der Waals surface area contributed by atoms with E-state index in [-0.39, 0.29) is 29.4 Å². The van der Waals surface area contributed by atoms with Gasteiger partial charge in [-0.3, -0.25) is 9.59 Å². The fourth-order valence-electron chi connectivity index (χ4n) is 3.02. The fourth-order valence-corrected chi connectivity index (χ4v) is 5.04. The number of thioether (sulfide) groups is 1. The van der Waals surface area contributed by atoms with Crippen LogP contribution in [0.3, 0.4) is 0 Å². The van der Waals surface area contributed by atoms with Gasteiger partial charge in [-0.15, -0.1) is 11.3 Å². The number of carbonyl (C=O) groups excluding carboxylic acids is 2. The first kappa shape index (κ1) is 18.8. The number of nitrogens with one attached hydrogen (secondary N) is 1. The molecular weight excluding hydrogens is 396 g/mol. The van der Waals surface area contributed by atoms with Crippen molar-refractivity contribution in [2.24, 2.45) is 0 Å². The molecule has 1 aliphatic rings. The second-order valence-corrected chi connectivity index (χ2v) is 8.46. The van der Waals surface area contributed by atoms with Crippen molar-refractivity contribution in [2.45, 2.75) is 24.3 Å². The number of aromatic nitrogens is 3. The largest absolute Gasteiger partial charge is 0.467 e. The van der Waals surface area contributed by atoms with Crippen LogP contribution < -0.4 is 10.1 Å². The smallest absolute Gasteiger partial charge is 0.317 e. The molecule has 0 spiro atoms. The highest BCUT2D eigenvalue weighted by molar-refractivity contribution is 8.00. The maximum atomic E-state index is 12.7. The van der Waals surface area contributed by atoms with Crippen LogP contribution in [0.4, 0.5) is 0 Å². The van der Waals surface area contributed by atoms with Crippen LogP contribution in [-0.2, 0) is 4.79 Å². The number of carbonyl (C=O) groups is 2. The third kappa shape index (κ3) is 3.72. The Labute approximate surface area is 169 Å². The van der Waals surface area contributed by atoms with E-state index in [9.17, 15) is 9.59 Å². The normalized spacial score (nSPS) is 16.4.